The topological polar surface area (TPSA) is 77.4 Å². The van der Waals surface area contributed by atoms with E-state index in [9.17, 15) is 4.79 Å². The SMILES string of the molecule is Cl.O=C(NCc1ccc(COC2CCOCC2)cc1)c1ccn(C2CCCNC2)n1. The van der Waals surface area contributed by atoms with Gasteiger partial charge in [0.15, 0.2) is 0 Å². The quantitative estimate of drug-likeness (QED) is 0.700. The van der Waals surface area contributed by atoms with Crippen LogP contribution in [-0.4, -0.2) is 48.1 Å². The van der Waals surface area contributed by atoms with E-state index in [4.69, 9.17) is 9.47 Å². The second kappa shape index (κ2) is 11.5. The van der Waals surface area contributed by atoms with Crippen molar-refractivity contribution in [3.05, 3.63) is 53.3 Å². The minimum absolute atomic E-state index is 0. The van der Waals surface area contributed by atoms with Gasteiger partial charge in [-0.25, -0.2) is 0 Å². The molecule has 2 aromatic rings. The van der Waals surface area contributed by atoms with E-state index < -0.39 is 0 Å². The Bertz CT molecular complexity index is 784. The number of hydrogen-bond acceptors (Lipinski definition) is 5. The summed E-state index contributed by atoms with van der Waals surface area (Å²) in [6.07, 6.45) is 6.38. The lowest BCUT2D eigenvalue weighted by atomic mass is 10.1. The van der Waals surface area contributed by atoms with E-state index in [-0.39, 0.29) is 18.3 Å². The molecule has 1 atom stereocenters. The molecule has 3 heterocycles. The van der Waals surface area contributed by atoms with Crippen molar-refractivity contribution in [1.82, 2.24) is 20.4 Å². The van der Waals surface area contributed by atoms with Gasteiger partial charge in [0.2, 0.25) is 0 Å². The van der Waals surface area contributed by atoms with Crippen molar-refractivity contribution in [3.8, 4) is 0 Å². The Labute approximate surface area is 183 Å². The Kier molecular flexibility index (Phi) is 8.69. The van der Waals surface area contributed by atoms with Gasteiger partial charge in [0, 0.05) is 32.5 Å². The zero-order chi connectivity index (χ0) is 19.9. The average molecular weight is 435 g/mol. The third-order valence-electron chi connectivity index (χ3n) is 5.62. The fourth-order valence-electron chi connectivity index (χ4n) is 3.80. The molecule has 1 aromatic heterocycles. The summed E-state index contributed by atoms with van der Waals surface area (Å²) in [5.41, 5.74) is 2.67. The van der Waals surface area contributed by atoms with Gasteiger partial charge in [-0.2, -0.15) is 5.10 Å². The first kappa shape index (κ1) is 22.7. The van der Waals surface area contributed by atoms with Gasteiger partial charge in [0.25, 0.3) is 5.91 Å². The zero-order valence-electron chi connectivity index (χ0n) is 17.2. The lowest BCUT2D eigenvalue weighted by molar-refractivity contribution is -0.0390. The number of benzene rings is 1. The highest BCUT2D eigenvalue weighted by Gasteiger charge is 2.18. The van der Waals surface area contributed by atoms with Gasteiger partial charge in [0.05, 0.1) is 18.8 Å². The van der Waals surface area contributed by atoms with E-state index in [2.05, 4.69) is 27.9 Å². The average Bonchev–Trinajstić information content (AvgIpc) is 3.29. The molecule has 0 spiro atoms. The maximum absolute atomic E-state index is 12.4. The maximum Gasteiger partial charge on any atom is 0.272 e. The number of halogens is 1. The zero-order valence-corrected chi connectivity index (χ0v) is 18.0. The number of carbonyl (C=O) groups is 1. The molecule has 2 saturated heterocycles. The smallest absolute Gasteiger partial charge is 0.272 e. The van der Waals surface area contributed by atoms with Gasteiger partial charge >= 0.3 is 0 Å². The molecular weight excluding hydrogens is 404 g/mol. The van der Waals surface area contributed by atoms with Crippen molar-refractivity contribution in [1.29, 1.82) is 0 Å². The number of carbonyl (C=O) groups excluding carboxylic acids is 1. The van der Waals surface area contributed by atoms with Gasteiger partial charge in [-0.05, 0) is 49.4 Å². The number of rotatable bonds is 7. The molecular formula is C22H31ClN4O3. The van der Waals surface area contributed by atoms with Crippen LogP contribution in [0.3, 0.4) is 0 Å². The van der Waals surface area contributed by atoms with Crippen molar-refractivity contribution in [2.75, 3.05) is 26.3 Å². The summed E-state index contributed by atoms with van der Waals surface area (Å²) in [6.45, 7) is 4.65. The van der Waals surface area contributed by atoms with Gasteiger partial charge in [0.1, 0.15) is 5.69 Å². The minimum atomic E-state index is -0.139. The molecule has 8 heteroatoms. The van der Waals surface area contributed by atoms with E-state index in [1.54, 1.807) is 6.07 Å². The second-order valence-corrected chi connectivity index (χ2v) is 7.80. The van der Waals surface area contributed by atoms with Gasteiger partial charge in [-0.15, -0.1) is 12.4 Å². The molecule has 30 heavy (non-hydrogen) atoms. The Balaban J connectivity index is 0.00000256. The maximum atomic E-state index is 12.4. The van der Waals surface area contributed by atoms with E-state index in [0.717, 1.165) is 63.1 Å². The minimum Gasteiger partial charge on any atom is -0.381 e. The van der Waals surface area contributed by atoms with Crippen LogP contribution in [0.5, 0.6) is 0 Å². The third-order valence-corrected chi connectivity index (χ3v) is 5.62. The van der Waals surface area contributed by atoms with Gasteiger partial charge in [-0.3, -0.25) is 9.48 Å². The van der Waals surface area contributed by atoms with Crippen molar-refractivity contribution >= 4 is 18.3 Å². The normalized spacial score (nSPS) is 19.8. The monoisotopic (exact) mass is 434 g/mol. The van der Waals surface area contributed by atoms with Crippen molar-refractivity contribution in [3.63, 3.8) is 0 Å². The Morgan fingerprint density at radius 2 is 1.93 bits per heavy atom. The van der Waals surface area contributed by atoms with Crippen LogP contribution in [0.4, 0.5) is 0 Å². The fraction of sp³-hybridized carbons (Fsp3) is 0.545. The first-order valence-corrected chi connectivity index (χ1v) is 10.6. The first-order valence-electron chi connectivity index (χ1n) is 10.6. The molecule has 0 aliphatic carbocycles. The summed E-state index contributed by atoms with van der Waals surface area (Å²) in [4.78, 5) is 12.4. The van der Waals surface area contributed by atoms with E-state index >= 15 is 0 Å². The summed E-state index contributed by atoms with van der Waals surface area (Å²) < 4.78 is 13.2. The molecule has 164 valence electrons. The van der Waals surface area contributed by atoms with Crippen LogP contribution >= 0.6 is 12.4 Å². The number of aromatic nitrogens is 2. The second-order valence-electron chi connectivity index (χ2n) is 7.80. The van der Waals surface area contributed by atoms with Crippen LogP contribution < -0.4 is 10.6 Å². The van der Waals surface area contributed by atoms with Crippen LogP contribution in [-0.2, 0) is 22.6 Å². The number of piperidine rings is 1. The van der Waals surface area contributed by atoms with Crippen molar-refractivity contribution in [2.24, 2.45) is 0 Å². The Morgan fingerprint density at radius 1 is 1.17 bits per heavy atom. The highest BCUT2D eigenvalue weighted by molar-refractivity contribution is 5.92. The van der Waals surface area contributed by atoms with E-state index in [1.807, 2.05) is 23.0 Å². The van der Waals surface area contributed by atoms with Crippen LogP contribution in [0.25, 0.3) is 0 Å². The summed E-state index contributed by atoms with van der Waals surface area (Å²) in [7, 11) is 0. The largest absolute Gasteiger partial charge is 0.381 e. The molecule has 0 bridgehead atoms. The van der Waals surface area contributed by atoms with Crippen LogP contribution in [0.1, 0.15) is 53.3 Å². The summed E-state index contributed by atoms with van der Waals surface area (Å²) in [6, 6.07) is 10.3. The van der Waals surface area contributed by atoms with E-state index in [0.29, 0.717) is 31.0 Å². The molecule has 0 radical (unpaired) electrons. The highest BCUT2D eigenvalue weighted by Crippen LogP contribution is 2.16. The lowest BCUT2D eigenvalue weighted by Crippen LogP contribution is -2.32. The molecule has 0 saturated carbocycles. The Morgan fingerprint density at radius 3 is 2.67 bits per heavy atom. The summed E-state index contributed by atoms with van der Waals surface area (Å²) >= 11 is 0. The molecule has 7 nitrogen and oxygen atoms in total. The number of amides is 1. The number of nitrogens with one attached hydrogen (secondary N) is 2. The molecule has 2 aliphatic heterocycles. The third kappa shape index (κ3) is 6.28. The van der Waals surface area contributed by atoms with Crippen molar-refractivity contribution in [2.45, 2.75) is 51.0 Å². The highest BCUT2D eigenvalue weighted by atomic mass is 35.5. The van der Waals surface area contributed by atoms with Crippen molar-refractivity contribution < 1.29 is 14.3 Å². The fourth-order valence-corrected chi connectivity index (χ4v) is 3.80. The van der Waals surface area contributed by atoms with Crippen LogP contribution in [0, 0.1) is 0 Å². The predicted octanol–water partition coefficient (Wildman–Crippen LogP) is 2.86. The van der Waals surface area contributed by atoms with E-state index in [1.165, 1.54) is 0 Å². The number of ether oxygens (including phenoxy) is 2. The molecule has 1 amide bonds. The van der Waals surface area contributed by atoms with Crippen LogP contribution in [0.15, 0.2) is 36.5 Å². The number of nitrogens with zero attached hydrogens (tertiary/aromatic N) is 2. The molecule has 1 aromatic carbocycles. The first-order chi connectivity index (χ1) is 14.3. The molecule has 4 rings (SSSR count). The molecule has 1 unspecified atom stereocenters. The summed E-state index contributed by atoms with van der Waals surface area (Å²) in [5, 5.41) is 10.8. The lowest BCUT2D eigenvalue weighted by Gasteiger charge is -2.22. The number of hydrogen-bond donors (Lipinski definition) is 2. The Hall–Kier alpha value is -1.93. The standard InChI is InChI=1S/C22H30N4O3.ClH/c27-22(21-7-11-26(25-21)19-2-1-10-23-15-19)24-14-17-3-5-18(6-4-17)16-29-20-8-12-28-13-9-20;/h3-7,11,19-20,23H,1-2,8-10,12-16H2,(H,24,27);1H. The van der Waals surface area contributed by atoms with Crippen LogP contribution in [0.2, 0.25) is 0 Å². The molecule has 2 fully saturated rings. The molecule has 2 aliphatic rings. The molecule has 2 N–H and O–H groups in total. The van der Waals surface area contributed by atoms with Gasteiger partial charge in [-0.1, -0.05) is 24.3 Å². The summed E-state index contributed by atoms with van der Waals surface area (Å²) in [5.74, 6) is -0.139. The predicted molar refractivity (Wildman–Crippen MR) is 117 cm³/mol. The van der Waals surface area contributed by atoms with Gasteiger partial charge < -0.3 is 20.1 Å².